The van der Waals surface area contributed by atoms with E-state index in [2.05, 4.69) is 37.5 Å². The van der Waals surface area contributed by atoms with Gasteiger partial charge in [0.25, 0.3) is 0 Å². The number of halogens is 3. The molecule has 1 saturated carbocycles. The van der Waals surface area contributed by atoms with Crippen LogP contribution in [0.25, 0.3) is 32.9 Å². The first-order chi connectivity index (χ1) is 25.5. The van der Waals surface area contributed by atoms with Crippen molar-refractivity contribution in [3.05, 3.63) is 48.2 Å². The van der Waals surface area contributed by atoms with Crippen LogP contribution in [0.1, 0.15) is 49.1 Å². The Balaban J connectivity index is 1.17. The van der Waals surface area contributed by atoms with Crippen LogP contribution in [0.2, 0.25) is 0 Å². The molecular weight excluding hydrogens is 685 g/mol. The summed E-state index contributed by atoms with van der Waals surface area (Å²) in [6.07, 6.45) is 3.41. The molecule has 4 aliphatic heterocycles. The molecule has 5 aliphatic rings. The van der Waals surface area contributed by atoms with Crippen molar-refractivity contribution in [2.45, 2.75) is 63.3 Å². The van der Waals surface area contributed by atoms with Gasteiger partial charge in [-0.1, -0.05) is 12.6 Å². The summed E-state index contributed by atoms with van der Waals surface area (Å²) in [6.45, 7) is 10.3. The lowest BCUT2D eigenvalue weighted by Gasteiger charge is -2.54. The first kappa shape index (κ1) is 34.3. The minimum Gasteiger partial charge on any atom is -0.481 e. The molecule has 6 heterocycles. The number of aryl methyl sites for hydroxylation is 1. The predicted molar refractivity (Wildman–Crippen MR) is 197 cm³/mol. The van der Waals surface area contributed by atoms with Gasteiger partial charge in [0.05, 0.1) is 17.8 Å². The molecule has 0 unspecified atom stereocenters. The van der Waals surface area contributed by atoms with Crippen molar-refractivity contribution in [1.82, 2.24) is 30.0 Å². The summed E-state index contributed by atoms with van der Waals surface area (Å²) in [5.74, 6) is 1.51. The number of hydrogen-bond donors (Lipinski definition) is 1. The summed E-state index contributed by atoms with van der Waals surface area (Å²) >= 11 is 0. The summed E-state index contributed by atoms with van der Waals surface area (Å²) in [4.78, 5) is 31.3. The van der Waals surface area contributed by atoms with Gasteiger partial charge in [-0.05, 0) is 79.8 Å². The van der Waals surface area contributed by atoms with E-state index >= 15 is 0 Å². The standard InChI is InChI=1S/C39H45F3N8O3/c1-4-31(51)50-20-38(21-50)10-13-47(14-11-38)36-28-15-27(24-6-7-24)33(32-23(2)5-8-30-29(32)16-43-46-30)35(53-22-39(40,41)42)34(28)44-37(45-36)49-17-25(18-49)48-12-9-26(19-48)52-3/h4-5,8,15-16,24-26H,1,6-7,9-14,17-22H2,2-3H3,(H,43,46)/t26-/m0/s1. The van der Waals surface area contributed by atoms with Crippen molar-refractivity contribution in [2.75, 3.05) is 75.9 Å². The van der Waals surface area contributed by atoms with Crippen LogP contribution < -0.4 is 14.5 Å². The largest absolute Gasteiger partial charge is 0.481 e. The molecule has 53 heavy (non-hydrogen) atoms. The lowest BCUT2D eigenvalue weighted by atomic mass is 9.72. The number of aromatic nitrogens is 4. The number of piperidine rings is 1. The number of ether oxygens (including phenoxy) is 2. The van der Waals surface area contributed by atoms with Crippen molar-refractivity contribution < 1.29 is 27.4 Å². The molecule has 4 aromatic rings. The zero-order valence-electron chi connectivity index (χ0n) is 30.2. The van der Waals surface area contributed by atoms with Gasteiger partial charge >= 0.3 is 6.18 Å². The van der Waals surface area contributed by atoms with Gasteiger partial charge in [0.1, 0.15) is 11.3 Å². The number of likely N-dealkylation sites (tertiary alicyclic amines) is 2. The summed E-state index contributed by atoms with van der Waals surface area (Å²) < 4.78 is 53.9. The molecule has 280 valence electrons. The number of benzene rings is 2. The summed E-state index contributed by atoms with van der Waals surface area (Å²) in [7, 11) is 1.76. The number of aromatic amines is 1. The third-order valence-corrected chi connectivity index (χ3v) is 12.3. The maximum atomic E-state index is 14.1. The minimum absolute atomic E-state index is 0.0415. The Labute approximate surface area is 306 Å². The molecule has 4 saturated heterocycles. The second-order valence-electron chi connectivity index (χ2n) is 15.8. The van der Waals surface area contributed by atoms with Gasteiger partial charge in [-0.2, -0.15) is 23.3 Å². The molecule has 1 aliphatic carbocycles. The number of alkyl halides is 3. The van der Waals surface area contributed by atoms with Crippen molar-refractivity contribution in [3.63, 3.8) is 0 Å². The molecule has 0 bridgehead atoms. The maximum Gasteiger partial charge on any atom is 0.422 e. The molecule has 1 N–H and O–H groups in total. The zero-order chi connectivity index (χ0) is 36.6. The molecule has 1 amide bonds. The van der Waals surface area contributed by atoms with Crippen LogP contribution in [0.5, 0.6) is 5.75 Å². The molecule has 5 fully saturated rings. The molecule has 1 spiro atoms. The fourth-order valence-electron chi connectivity index (χ4n) is 9.02. The van der Waals surface area contributed by atoms with Crippen LogP contribution in [0.4, 0.5) is 24.9 Å². The van der Waals surface area contributed by atoms with Crippen LogP contribution >= 0.6 is 0 Å². The Bertz CT molecular complexity index is 2080. The van der Waals surface area contributed by atoms with Gasteiger partial charge in [-0.3, -0.25) is 14.8 Å². The summed E-state index contributed by atoms with van der Waals surface area (Å²) in [5.41, 5.74) is 4.60. The molecule has 14 heteroatoms. The number of nitrogens with zero attached hydrogens (tertiary/aromatic N) is 7. The van der Waals surface area contributed by atoms with Crippen molar-refractivity contribution in [2.24, 2.45) is 5.41 Å². The molecule has 0 radical (unpaired) electrons. The van der Waals surface area contributed by atoms with Gasteiger partial charge in [0.2, 0.25) is 11.9 Å². The highest BCUT2D eigenvalue weighted by Crippen LogP contribution is 2.53. The number of amides is 1. The number of fused-ring (bicyclic) bond motifs is 2. The van der Waals surface area contributed by atoms with Gasteiger partial charge in [0, 0.05) is 87.3 Å². The van der Waals surface area contributed by atoms with E-state index in [1.54, 1.807) is 13.3 Å². The van der Waals surface area contributed by atoms with Crippen molar-refractivity contribution >= 4 is 39.5 Å². The van der Waals surface area contributed by atoms with E-state index in [-0.39, 0.29) is 29.1 Å². The quantitative estimate of drug-likeness (QED) is 0.214. The Hall–Kier alpha value is -4.43. The van der Waals surface area contributed by atoms with Crippen LogP contribution in [-0.2, 0) is 9.53 Å². The maximum absolute atomic E-state index is 14.1. The predicted octanol–water partition coefficient (Wildman–Crippen LogP) is 5.82. The molecule has 2 aromatic carbocycles. The molecule has 9 rings (SSSR count). The molecule has 11 nitrogen and oxygen atoms in total. The normalized spacial score (nSPS) is 22.1. The van der Waals surface area contributed by atoms with E-state index < -0.39 is 12.8 Å². The Morgan fingerprint density at radius 1 is 1.04 bits per heavy atom. The van der Waals surface area contributed by atoms with Gasteiger partial charge in [-0.15, -0.1) is 0 Å². The SMILES string of the molecule is C=CC(=O)N1CC2(CCN(c3nc(N4CC(N5CC[C@H](OC)C5)C4)nc4c(OCC(F)(F)F)c(-c5c(C)ccc6[nH]ncc56)c(C5CC5)cc34)CC2)C1. The lowest BCUT2D eigenvalue weighted by molar-refractivity contribution is -0.153. The number of methoxy groups -OCH3 is 1. The average Bonchev–Trinajstić information content (AvgIpc) is 3.65. The highest BCUT2D eigenvalue weighted by Gasteiger charge is 2.47. The monoisotopic (exact) mass is 730 g/mol. The smallest absolute Gasteiger partial charge is 0.422 e. The fraction of sp³-hybridized carbons (Fsp3) is 0.538. The Kier molecular flexibility index (Phi) is 8.33. The third kappa shape index (κ3) is 6.17. The second kappa shape index (κ2) is 12.9. The average molecular weight is 731 g/mol. The van der Waals surface area contributed by atoms with E-state index in [0.29, 0.717) is 54.6 Å². The fourth-order valence-corrected chi connectivity index (χ4v) is 9.02. The van der Waals surface area contributed by atoms with Gasteiger partial charge in [-0.25, -0.2) is 4.98 Å². The number of nitrogens with one attached hydrogen (secondary N) is 1. The number of hydrogen-bond acceptors (Lipinski definition) is 9. The number of H-pyrrole nitrogens is 1. The van der Waals surface area contributed by atoms with Crippen LogP contribution in [0.15, 0.2) is 37.1 Å². The van der Waals surface area contributed by atoms with E-state index in [1.165, 1.54) is 6.08 Å². The lowest BCUT2D eigenvalue weighted by Crippen LogP contribution is -2.61. The van der Waals surface area contributed by atoms with E-state index in [4.69, 9.17) is 19.4 Å². The highest BCUT2D eigenvalue weighted by atomic mass is 19.4. The number of rotatable bonds is 9. The Morgan fingerprint density at radius 2 is 1.81 bits per heavy atom. The second-order valence-corrected chi connectivity index (χ2v) is 15.8. The minimum atomic E-state index is -4.56. The highest BCUT2D eigenvalue weighted by molar-refractivity contribution is 6.06. The van der Waals surface area contributed by atoms with Crippen molar-refractivity contribution in [3.8, 4) is 16.9 Å². The van der Waals surface area contributed by atoms with Gasteiger partial charge < -0.3 is 24.2 Å². The zero-order valence-corrected chi connectivity index (χ0v) is 30.2. The van der Waals surface area contributed by atoms with E-state index in [1.807, 2.05) is 24.0 Å². The van der Waals surface area contributed by atoms with Crippen LogP contribution in [0.3, 0.4) is 0 Å². The molecule has 1 atom stereocenters. The summed E-state index contributed by atoms with van der Waals surface area (Å²) in [6, 6.07) is 6.37. The Morgan fingerprint density at radius 3 is 2.49 bits per heavy atom. The van der Waals surface area contributed by atoms with Crippen LogP contribution in [-0.4, -0.2) is 120 Å². The van der Waals surface area contributed by atoms with E-state index in [0.717, 1.165) is 91.7 Å². The topological polar surface area (TPSA) is 103 Å². The third-order valence-electron chi connectivity index (χ3n) is 12.3. The van der Waals surface area contributed by atoms with E-state index in [9.17, 15) is 18.0 Å². The van der Waals surface area contributed by atoms with Gasteiger partial charge in [0.15, 0.2) is 12.4 Å². The number of carbonyl (C=O) groups is 1. The first-order valence-electron chi connectivity index (χ1n) is 18.7. The molecular formula is C39H45F3N8O3. The van der Waals surface area contributed by atoms with Crippen molar-refractivity contribution in [1.29, 1.82) is 0 Å². The van der Waals surface area contributed by atoms with Crippen LogP contribution in [0, 0.1) is 12.3 Å². The molecule has 2 aromatic heterocycles. The summed E-state index contributed by atoms with van der Waals surface area (Å²) in [5, 5.41) is 8.87. The number of carbonyl (C=O) groups excluding carboxylic acids is 1. The number of anilines is 2. The first-order valence-corrected chi connectivity index (χ1v) is 18.7.